The van der Waals surface area contributed by atoms with Gasteiger partial charge in [0.15, 0.2) is 0 Å². The first-order valence-electron chi connectivity index (χ1n) is 3.91. The predicted octanol–water partition coefficient (Wildman–Crippen LogP) is 1.87. The lowest BCUT2D eigenvalue weighted by Crippen LogP contribution is -2.28. The lowest BCUT2D eigenvalue weighted by Gasteiger charge is -2.19. The smallest absolute Gasteiger partial charge is 0.278 e. The van der Waals surface area contributed by atoms with Crippen LogP contribution >= 0.6 is 11.8 Å². The number of hydrogen-bond donors (Lipinski definition) is 1. The largest absolute Gasteiger partial charge is 0.374 e. The number of carbonyl (C=O) groups excluding carboxylic acids is 1. The van der Waals surface area contributed by atoms with Crippen LogP contribution in [0.5, 0.6) is 0 Å². The van der Waals surface area contributed by atoms with Crippen LogP contribution in [0.3, 0.4) is 0 Å². The van der Waals surface area contributed by atoms with E-state index in [0.717, 1.165) is 0 Å². The summed E-state index contributed by atoms with van der Waals surface area (Å²) in [4.78, 5) is 10.7. The van der Waals surface area contributed by atoms with Gasteiger partial charge in [0.2, 0.25) is 0 Å². The summed E-state index contributed by atoms with van der Waals surface area (Å²) in [6.07, 6.45) is 1.75. The summed E-state index contributed by atoms with van der Waals surface area (Å²) >= 11 is 1.18. The molecule has 0 saturated carbocycles. The molecule has 1 N–H and O–H groups in total. The van der Waals surface area contributed by atoms with Gasteiger partial charge in [-0.25, -0.2) is 0 Å². The Balaban J connectivity index is 3.28. The standard InChI is InChI=1S/C8H17NO2S/c1-8(2,3)11-6-5-9-7(10)12-4/h5-6H2,1-4H3,(H,9,10). The topological polar surface area (TPSA) is 38.3 Å². The van der Waals surface area contributed by atoms with Crippen molar-refractivity contribution in [2.75, 3.05) is 19.4 Å². The van der Waals surface area contributed by atoms with Gasteiger partial charge < -0.3 is 10.1 Å². The van der Waals surface area contributed by atoms with Crippen LogP contribution in [0.1, 0.15) is 20.8 Å². The van der Waals surface area contributed by atoms with E-state index in [1.807, 2.05) is 20.8 Å². The van der Waals surface area contributed by atoms with Crippen molar-refractivity contribution in [1.82, 2.24) is 5.32 Å². The zero-order chi connectivity index (χ0) is 9.61. The number of hydrogen-bond acceptors (Lipinski definition) is 3. The molecule has 0 spiro atoms. The lowest BCUT2D eigenvalue weighted by molar-refractivity contribution is 0.000241. The van der Waals surface area contributed by atoms with Gasteiger partial charge >= 0.3 is 0 Å². The fourth-order valence-electron chi connectivity index (χ4n) is 0.582. The quantitative estimate of drug-likeness (QED) is 0.692. The minimum absolute atomic E-state index is 0.00694. The Labute approximate surface area is 78.2 Å². The third-order valence-electron chi connectivity index (χ3n) is 1.09. The van der Waals surface area contributed by atoms with E-state index in [9.17, 15) is 4.79 Å². The van der Waals surface area contributed by atoms with Crippen molar-refractivity contribution in [3.8, 4) is 0 Å². The maximum atomic E-state index is 10.7. The molecule has 0 aliphatic heterocycles. The van der Waals surface area contributed by atoms with E-state index < -0.39 is 0 Å². The minimum Gasteiger partial charge on any atom is -0.374 e. The molecule has 3 nitrogen and oxygen atoms in total. The molecule has 1 amide bonds. The van der Waals surface area contributed by atoms with Crippen molar-refractivity contribution in [2.45, 2.75) is 26.4 Å². The molecule has 4 heteroatoms. The number of carbonyl (C=O) groups is 1. The molecular formula is C8H17NO2S. The molecule has 0 aliphatic rings. The van der Waals surface area contributed by atoms with Gasteiger partial charge in [0.25, 0.3) is 5.24 Å². The number of rotatable bonds is 3. The van der Waals surface area contributed by atoms with Crippen molar-refractivity contribution in [2.24, 2.45) is 0 Å². The first-order valence-corrected chi connectivity index (χ1v) is 5.14. The first-order chi connectivity index (χ1) is 5.45. The highest BCUT2D eigenvalue weighted by Gasteiger charge is 2.09. The number of amides is 1. The third kappa shape index (κ3) is 7.88. The fourth-order valence-corrected chi connectivity index (χ4v) is 0.829. The van der Waals surface area contributed by atoms with E-state index >= 15 is 0 Å². The molecule has 0 saturated heterocycles. The van der Waals surface area contributed by atoms with Crippen molar-refractivity contribution in [3.05, 3.63) is 0 Å². The molecule has 0 heterocycles. The summed E-state index contributed by atoms with van der Waals surface area (Å²) in [5, 5.41) is 2.70. The second kappa shape index (κ2) is 5.43. The zero-order valence-electron chi connectivity index (χ0n) is 8.14. The van der Waals surface area contributed by atoms with E-state index in [2.05, 4.69) is 5.32 Å². The summed E-state index contributed by atoms with van der Waals surface area (Å²) in [5.74, 6) is 0. The average molecular weight is 191 g/mol. The summed E-state index contributed by atoms with van der Waals surface area (Å²) in [7, 11) is 0. The highest BCUT2D eigenvalue weighted by molar-refractivity contribution is 8.12. The van der Waals surface area contributed by atoms with Crippen molar-refractivity contribution < 1.29 is 9.53 Å². The third-order valence-corrected chi connectivity index (χ3v) is 1.61. The molecule has 0 aromatic heterocycles. The highest BCUT2D eigenvalue weighted by Crippen LogP contribution is 2.05. The highest BCUT2D eigenvalue weighted by atomic mass is 32.2. The Hall–Kier alpha value is -0.220. The summed E-state index contributed by atoms with van der Waals surface area (Å²) in [5.41, 5.74) is -0.121. The molecule has 0 fully saturated rings. The Kier molecular flexibility index (Phi) is 5.33. The molecule has 72 valence electrons. The monoisotopic (exact) mass is 191 g/mol. The summed E-state index contributed by atoms with van der Waals surface area (Å²) < 4.78 is 5.40. The minimum atomic E-state index is -0.121. The van der Waals surface area contributed by atoms with Gasteiger partial charge in [0.1, 0.15) is 0 Å². The predicted molar refractivity (Wildman–Crippen MR) is 52.6 cm³/mol. The van der Waals surface area contributed by atoms with Crippen molar-refractivity contribution in [3.63, 3.8) is 0 Å². The second-order valence-electron chi connectivity index (χ2n) is 3.38. The molecule has 0 rings (SSSR count). The number of ether oxygens (including phenoxy) is 1. The SMILES string of the molecule is CSC(=O)NCCOC(C)(C)C. The normalized spacial score (nSPS) is 11.3. The van der Waals surface area contributed by atoms with Gasteiger partial charge in [0, 0.05) is 6.54 Å². The molecule has 0 radical (unpaired) electrons. The molecule has 0 aliphatic carbocycles. The Morgan fingerprint density at radius 1 is 1.50 bits per heavy atom. The maximum Gasteiger partial charge on any atom is 0.278 e. The van der Waals surface area contributed by atoms with Gasteiger partial charge in [-0.3, -0.25) is 4.79 Å². The van der Waals surface area contributed by atoms with Crippen LogP contribution in [0.2, 0.25) is 0 Å². The number of thioether (sulfide) groups is 1. The van der Waals surface area contributed by atoms with Crippen molar-refractivity contribution in [1.29, 1.82) is 0 Å². The van der Waals surface area contributed by atoms with Crippen LogP contribution in [-0.2, 0) is 4.74 Å². The second-order valence-corrected chi connectivity index (χ2v) is 4.16. The molecule has 0 aromatic rings. The van der Waals surface area contributed by atoms with E-state index in [1.54, 1.807) is 6.26 Å². The maximum absolute atomic E-state index is 10.7. The fraction of sp³-hybridized carbons (Fsp3) is 0.875. The molecule has 0 bridgehead atoms. The van der Waals surface area contributed by atoms with E-state index in [4.69, 9.17) is 4.74 Å². The van der Waals surface area contributed by atoms with Crippen LogP contribution in [0.15, 0.2) is 0 Å². The molecule has 0 atom stereocenters. The van der Waals surface area contributed by atoms with Crippen LogP contribution in [0, 0.1) is 0 Å². The molecule has 0 unspecified atom stereocenters. The van der Waals surface area contributed by atoms with Crippen LogP contribution < -0.4 is 5.32 Å². The van der Waals surface area contributed by atoms with Gasteiger partial charge in [-0.05, 0) is 27.0 Å². The first kappa shape index (κ1) is 11.8. The number of nitrogens with one attached hydrogen (secondary N) is 1. The van der Waals surface area contributed by atoms with E-state index in [-0.39, 0.29) is 10.8 Å². The molecular weight excluding hydrogens is 174 g/mol. The van der Waals surface area contributed by atoms with Crippen LogP contribution in [-0.4, -0.2) is 30.2 Å². The Bertz CT molecular complexity index is 142. The van der Waals surface area contributed by atoms with Gasteiger partial charge in [0.05, 0.1) is 12.2 Å². The van der Waals surface area contributed by atoms with Gasteiger partial charge in [-0.1, -0.05) is 11.8 Å². The summed E-state index contributed by atoms with van der Waals surface area (Å²) in [6, 6.07) is 0. The molecule has 12 heavy (non-hydrogen) atoms. The van der Waals surface area contributed by atoms with Gasteiger partial charge in [-0.2, -0.15) is 0 Å². The molecule has 0 aromatic carbocycles. The summed E-state index contributed by atoms with van der Waals surface area (Å²) in [6.45, 7) is 7.11. The lowest BCUT2D eigenvalue weighted by atomic mass is 10.2. The Morgan fingerprint density at radius 2 is 2.08 bits per heavy atom. The van der Waals surface area contributed by atoms with Crippen molar-refractivity contribution >= 4 is 17.0 Å². The van der Waals surface area contributed by atoms with Crippen LogP contribution in [0.4, 0.5) is 4.79 Å². The Morgan fingerprint density at radius 3 is 2.50 bits per heavy atom. The zero-order valence-corrected chi connectivity index (χ0v) is 8.96. The van der Waals surface area contributed by atoms with Crippen LogP contribution in [0.25, 0.3) is 0 Å². The van der Waals surface area contributed by atoms with E-state index in [1.165, 1.54) is 11.8 Å². The van der Waals surface area contributed by atoms with Gasteiger partial charge in [-0.15, -0.1) is 0 Å². The average Bonchev–Trinajstić information content (AvgIpc) is 1.96. The van der Waals surface area contributed by atoms with E-state index in [0.29, 0.717) is 13.2 Å².